The van der Waals surface area contributed by atoms with Crippen molar-refractivity contribution in [2.24, 2.45) is 0 Å². The van der Waals surface area contributed by atoms with Gasteiger partial charge < -0.3 is 14.6 Å². The molecule has 0 spiro atoms. The van der Waals surface area contributed by atoms with Crippen LogP contribution in [0.3, 0.4) is 0 Å². The van der Waals surface area contributed by atoms with Crippen LogP contribution in [0.5, 0.6) is 5.75 Å². The molecule has 1 unspecified atom stereocenters. The number of nitrogens with zero attached hydrogens (tertiary/aromatic N) is 2. The minimum atomic E-state index is -4.50. The maximum atomic E-state index is 13.1. The summed E-state index contributed by atoms with van der Waals surface area (Å²) in [6.07, 6.45) is -6.47. The molecule has 12 heteroatoms. The van der Waals surface area contributed by atoms with Crippen molar-refractivity contribution in [1.82, 2.24) is 9.78 Å². The minimum Gasteiger partial charge on any atom is -0.461 e. The lowest BCUT2D eigenvalue weighted by molar-refractivity contribution is -0.146. The standard InChI is InChI=1S/C20H22ClF5N2O4/c1-4-28-16(14(21)15(27-28)17(29)31-5-2)12-7-6-11(10-13(12)32-18(22)23)19(3,30)8-9-20(24,25)26/h6-7,10,18,30H,4-5,8-9H2,1-3H3. The van der Waals surface area contributed by atoms with Gasteiger partial charge in [-0.05, 0) is 44.9 Å². The lowest BCUT2D eigenvalue weighted by Gasteiger charge is -2.26. The number of carbonyl (C=O) groups excluding carboxylic acids is 1. The van der Waals surface area contributed by atoms with Crippen LogP contribution in [-0.2, 0) is 16.9 Å². The third-order valence-corrected chi connectivity index (χ3v) is 4.99. The lowest BCUT2D eigenvalue weighted by Crippen LogP contribution is -2.24. The number of hydrogen-bond donors (Lipinski definition) is 1. The monoisotopic (exact) mass is 484 g/mol. The molecule has 0 aliphatic carbocycles. The maximum Gasteiger partial charge on any atom is 0.389 e. The molecule has 0 bridgehead atoms. The Hall–Kier alpha value is -2.40. The van der Waals surface area contributed by atoms with Crippen LogP contribution < -0.4 is 4.74 Å². The smallest absolute Gasteiger partial charge is 0.389 e. The van der Waals surface area contributed by atoms with Gasteiger partial charge in [-0.15, -0.1) is 0 Å². The van der Waals surface area contributed by atoms with Gasteiger partial charge in [0.1, 0.15) is 10.8 Å². The van der Waals surface area contributed by atoms with E-state index in [1.807, 2.05) is 0 Å². The first-order valence-corrected chi connectivity index (χ1v) is 10.0. The summed E-state index contributed by atoms with van der Waals surface area (Å²) >= 11 is 6.31. The number of benzene rings is 1. The molecule has 32 heavy (non-hydrogen) atoms. The fraction of sp³-hybridized carbons (Fsp3) is 0.500. The molecular formula is C20H22ClF5N2O4. The molecule has 0 amide bonds. The highest BCUT2D eigenvalue weighted by Gasteiger charge is 2.34. The highest BCUT2D eigenvalue weighted by atomic mass is 35.5. The van der Waals surface area contributed by atoms with Crippen LogP contribution >= 0.6 is 11.6 Å². The number of ether oxygens (including phenoxy) is 2. The highest BCUT2D eigenvalue weighted by molar-refractivity contribution is 6.36. The number of halogens is 6. The van der Waals surface area contributed by atoms with Crippen LogP contribution in [0.25, 0.3) is 11.3 Å². The Morgan fingerprint density at radius 2 is 1.91 bits per heavy atom. The van der Waals surface area contributed by atoms with E-state index >= 15 is 0 Å². The van der Waals surface area contributed by atoms with Crippen molar-refractivity contribution in [3.8, 4) is 17.0 Å². The number of carbonyl (C=O) groups is 1. The van der Waals surface area contributed by atoms with E-state index < -0.39 is 42.9 Å². The zero-order valence-corrected chi connectivity index (χ0v) is 18.2. The molecule has 1 N–H and O–H groups in total. The molecule has 0 saturated carbocycles. The number of aliphatic hydroxyl groups is 1. The van der Waals surface area contributed by atoms with Crippen LogP contribution in [0.2, 0.25) is 5.02 Å². The van der Waals surface area contributed by atoms with Crippen molar-refractivity contribution >= 4 is 17.6 Å². The second-order valence-electron chi connectivity index (χ2n) is 7.03. The number of aromatic nitrogens is 2. The Morgan fingerprint density at radius 1 is 1.25 bits per heavy atom. The van der Waals surface area contributed by atoms with E-state index in [-0.39, 0.29) is 40.7 Å². The fourth-order valence-corrected chi connectivity index (χ4v) is 3.35. The Bertz CT molecular complexity index is 960. The average Bonchev–Trinajstić information content (AvgIpc) is 3.02. The van der Waals surface area contributed by atoms with Gasteiger partial charge in [-0.25, -0.2) is 4.79 Å². The van der Waals surface area contributed by atoms with Crippen molar-refractivity contribution in [1.29, 1.82) is 0 Å². The van der Waals surface area contributed by atoms with E-state index in [2.05, 4.69) is 9.84 Å². The van der Waals surface area contributed by atoms with Crippen LogP contribution in [0.1, 0.15) is 49.7 Å². The average molecular weight is 485 g/mol. The molecule has 0 saturated heterocycles. The van der Waals surface area contributed by atoms with Crippen LogP contribution in [0.4, 0.5) is 22.0 Å². The summed E-state index contributed by atoms with van der Waals surface area (Å²) in [5.41, 5.74) is -2.18. The van der Waals surface area contributed by atoms with E-state index in [4.69, 9.17) is 16.3 Å². The van der Waals surface area contributed by atoms with Crippen LogP contribution in [0.15, 0.2) is 18.2 Å². The third-order valence-electron chi connectivity index (χ3n) is 4.63. The SMILES string of the molecule is CCOC(=O)c1nn(CC)c(-c2ccc(C(C)(O)CCC(F)(F)F)cc2OC(F)F)c1Cl. The molecule has 2 rings (SSSR count). The predicted octanol–water partition coefficient (Wildman–Crippen LogP) is 5.55. The van der Waals surface area contributed by atoms with Crippen LogP contribution in [0, 0.1) is 0 Å². The van der Waals surface area contributed by atoms with Gasteiger partial charge >= 0.3 is 18.8 Å². The van der Waals surface area contributed by atoms with Gasteiger partial charge in [-0.1, -0.05) is 17.7 Å². The first-order chi connectivity index (χ1) is 14.8. The Labute approximate surface area is 185 Å². The number of aryl methyl sites for hydroxylation is 1. The van der Waals surface area contributed by atoms with Crippen molar-refractivity contribution < 1.29 is 41.3 Å². The van der Waals surface area contributed by atoms with Gasteiger partial charge in [-0.3, -0.25) is 4.68 Å². The normalized spacial score (nSPS) is 13.8. The Balaban J connectivity index is 2.59. The molecule has 1 atom stereocenters. The molecule has 0 fully saturated rings. The zero-order valence-electron chi connectivity index (χ0n) is 17.5. The van der Waals surface area contributed by atoms with Gasteiger partial charge in [0.15, 0.2) is 5.69 Å². The predicted molar refractivity (Wildman–Crippen MR) is 106 cm³/mol. The largest absolute Gasteiger partial charge is 0.461 e. The van der Waals surface area contributed by atoms with E-state index in [1.165, 1.54) is 16.8 Å². The van der Waals surface area contributed by atoms with E-state index in [1.54, 1.807) is 13.8 Å². The molecule has 178 valence electrons. The number of rotatable bonds is 9. The quantitative estimate of drug-likeness (QED) is 0.373. The first-order valence-electron chi connectivity index (χ1n) is 9.63. The molecular weight excluding hydrogens is 463 g/mol. The summed E-state index contributed by atoms with van der Waals surface area (Å²) < 4.78 is 74.7. The second kappa shape index (κ2) is 10.0. The summed E-state index contributed by atoms with van der Waals surface area (Å²) in [6.45, 7) is 1.39. The van der Waals surface area contributed by atoms with Gasteiger partial charge in [-0.2, -0.15) is 27.1 Å². The zero-order chi connectivity index (χ0) is 24.3. The summed E-state index contributed by atoms with van der Waals surface area (Å²) in [4.78, 5) is 12.1. The number of hydrogen-bond acceptors (Lipinski definition) is 5. The van der Waals surface area contributed by atoms with Gasteiger partial charge in [0.25, 0.3) is 0 Å². The maximum absolute atomic E-state index is 13.1. The molecule has 2 aromatic rings. The topological polar surface area (TPSA) is 73.6 Å². The van der Waals surface area contributed by atoms with E-state index in [9.17, 15) is 31.9 Å². The third kappa shape index (κ3) is 6.10. The van der Waals surface area contributed by atoms with E-state index in [0.29, 0.717) is 0 Å². The summed E-state index contributed by atoms with van der Waals surface area (Å²) in [7, 11) is 0. The highest BCUT2D eigenvalue weighted by Crippen LogP contribution is 2.41. The number of alkyl halides is 5. The van der Waals surface area contributed by atoms with Crippen molar-refractivity contribution in [2.45, 2.75) is 58.5 Å². The Morgan fingerprint density at radius 3 is 2.44 bits per heavy atom. The van der Waals surface area contributed by atoms with Crippen molar-refractivity contribution in [3.63, 3.8) is 0 Å². The molecule has 6 nitrogen and oxygen atoms in total. The molecule has 1 heterocycles. The fourth-order valence-electron chi connectivity index (χ4n) is 3.03. The molecule has 0 aliphatic rings. The second-order valence-corrected chi connectivity index (χ2v) is 7.40. The van der Waals surface area contributed by atoms with Crippen molar-refractivity contribution in [2.75, 3.05) is 6.61 Å². The molecule has 0 aliphatic heterocycles. The number of esters is 1. The van der Waals surface area contributed by atoms with Gasteiger partial charge in [0, 0.05) is 18.5 Å². The van der Waals surface area contributed by atoms with Crippen molar-refractivity contribution in [3.05, 3.63) is 34.5 Å². The van der Waals surface area contributed by atoms with Gasteiger partial charge in [0.05, 0.1) is 17.9 Å². The lowest BCUT2D eigenvalue weighted by atomic mass is 9.89. The van der Waals surface area contributed by atoms with E-state index in [0.717, 1.165) is 13.0 Å². The summed E-state index contributed by atoms with van der Waals surface area (Å²) in [5.74, 6) is -1.26. The molecule has 1 aromatic heterocycles. The molecule has 0 radical (unpaired) electrons. The summed E-state index contributed by atoms with van der Waals surface area (Å²) in [5, 5.41) is 14.4. The van der Waals surface area contributed by atoms with Gasteiger partial charge in [0.2, 0.25) is 0 Å². The van der Waals surface area contributed by atoms with Crippen LogP contribution in [-0.4, -0.2) is 40.3 Å². The minimum absolute atomic E-state index is 0.00979. The Kier molecular flexibility index (Phi) is 8.11. The molecule has 1 aromatic carbocycles. The summed E-state index contributed by atoms with van der Waals surface area (Å²) in [6, 6.07) is 3.56. The first kappa shape index (κ1) is 25.9.